The second-order valence-corrected chi connectivity index (χ2v) is 6.28. The van der Waals surface area contributed by atoms with Crippen molar-refractivity contribution in [1.29, 1.82) is 0 Å². The van der Waals surface area contributed by atoms with Gasteiger partial charge >= 0.3 is 0 Å². The van der Waals surface area contributed by atoms with Gasteiger partial charge in [0, 0.05) is 27.1 Å². The number of anilines is 3. The van der Waals surface area contributed by atoms with Crippen molar-refractivity contribution in [1.82, 2.24) is 0 Å². The summed E-state index contributed by atoms with van der Waals surface area (Å²) in [5.74, 6) is 0. The molecular weight excluding hydrogens is 350 g/mol. The number of nitrogens with zero attached hydrogens (tertiary/aromatic N) is 1. The van der Waals surface area contributed by atoms with Crippen LogP contribution < -0.4 is 4.90 Å². The summed E-state index contributed by atoms with van der Waals surface area (Å²) in [6.45, 7) is 2.07. The van der Waals surface area contributed by atoms with E-state index in [0.29, 0.717) is 5.56 Å². The zero-order valence-electron chi connectivity index (χ0n) is 12.7. The van der Waals surface area contributed by atoms with Gasteiger partial charge in [-0.15, -0.1) is 0 Å². The number of rotatable bonds is 4. The van der Waals surface area contributed by atoms with E-state index in [-0.39, 0.29) is 0 Å². The van der Waals surface area contributed by atoms with E-state index in [1.54, 1.807) is 0 Å². The van der Waals surface area contributed by atoms with Gasteiger partial charge in [0.25, 0.3) is 0 Å². The molecule has 0 saturated carbocycles. The Bertz CT molecular complexity index is 764. The Balaban J connectivity index is 2.14. The highest BCUT2D eigenvalue weighted by molar-refractivity contribution is 9.10. The molecule has 3 aromatic carbocycles. The lowest BCUT2D eigenvalue weighted by Gasteiger charge is -2.25. The number of benzene rings is 3. The summed E-state index contributed by atoms with van der Waals surface area (Å²) in [5.41, 5.74) is 4.93. The molecule has 2 nitrogen and oxygen atoms in total. The first kappa shape index (κ1) is 15.5. The van der Waals surface area contributed by atoms with Crippen molar-refractivity contribution in [3.8, 4) is 0 Å². The Morgan fingerprint density at radius 1 is 0.826 bits per heavy atom. The Morgan fingerprint density at radius 3 is 2.04 bits per heavy atom. The van der Waals surface area contributed by atoms with E-state index in [9.17, 15) is 4.79 Å². The molecule has 0 unspecified atom stereocenters. The van der Waals surface area contributed by atoms with Crippen LogP contribution in [0.4, 0.5) is 17.1 Å². The molecule has 0 aromatic heterocycles. The molecule has 3 rings (SSSR count). The number of aldehydes is 1. The summed E-state index contributed by atoms with van der Waals surface area (Å²) < 4.78 is 1.03. The van der Waals surface area contributed by atoms with Gasteiger partial charge in [-0.1, -0.05) is 45.8 Å². The number of carbonyl (C=O) groups is 1. The van der Waals surface area contributed by atoms with Crippen LogP contribution in [0.15, 0.2) is 77.3 Å². The zero-order valence-corrected chi connectivity index (χ0v) is 14.3. The molecule has 23 heavy (non-hydrogen) atoms. The molecule has 0 aliphatic carbocycles. The molecule has 0 aliphatic rings. The second-order valence-electron chi connectivity index (χ2n) is 5.36. The van der Waals surface area contributed by atoms with E-state index in [4.69, 9.17) is 0 Å². The fourth-order valence-electron chi connectivity index (χ4n) is 2.47. The van der Waals surface area contributed by atoms with Gasteiger partial charge in [0.15, 0.2) is 0 Å². The fourth-order valence-corrected chi connectivity index (χ4v) is 2.73. The average molecular weight is 366 g/mol. The molecule has 3 aromatic rings. The lowest BCUT2D eigenvalue weighted by Crippen LogP contribution is -2.10. The third kappa shape index (κ3) is 3.51. The van der Waals surface area contributed by atoms with Gasteiger partial charge in [-0.2, -0.15) is 0 Å². The van der Waals surface area contributed by atoms with Crippen LogP contribution in [0.5, 0.6) is 0 Å². The van der Waals surface area contributed by atoms with Crippen molar-refractivity contribution in [2.45, 2.75) is 6.92 Å². The van der Waals surface area contributed by atoms with Crippen molar-refractivity contribution >= 4 is 39.3 Å². The van der Waals surface area contributed by atoms with E-state index < -0.39 is 0 Å². The van der Waals surface area contributed by atoms with Crippen LogP contribution in [-0.4, -0.2) is 6.29 Å². The van der Waals surface area contributed by atoms with Crippen molar-refractivity contribution in [3.63, 3.8) is 0 Å². The van der Waals surface area contributed by atoms with Crippen LogP contribution in [0.1, 0.15) is 15.9 Å². The zero-order chi connectivity index (χ0) is 16.2. The number of halogens is 1. The minimum Gasteiger partial charge on any atom is -0.310 e. The number of aryl methyl sites for hydroxylation is 1. The standard InChI is InChI=1S/C20H16BrNO/c1-15-5-9-18(10-6-15)22(19-11-7-17(21)8-12-19)20-4-2-3-16(13-20)14-23/h2-14H,1H3. The molecule has 0 atom stereocenters. The Hall–Kier alpha value is -2.39. The summed E-state index contributed by atoms with van der Waals surface area (Å²) in [7, 11) is 0. The first-order valence-corrected chi connectivity index (χ1v) is 8.14. The van der Waals surface area contributed by atoms with Gasteiger partial charge in [-0.3, -0.25) is 4.79 Å². The molecule has 0 N–H and O–H groups in total. The molecule has 0 aliphatic heterocycles. The van der Waals surface area contributed by atoms with Crippen LogP contribution in [0, 0.1) is 6.92 Å². The number of hydrogen-bond donors (Lipinski definition) is 0. The summed E-state index contributed by atoms with van der Waals surface area (Å²) >= 11 is 3.47. The van der Waals surface area contributed by atoms with E-state index in [1.165, 1.54) is 5.56 Å². The van der Waals surface area contributed by atoms with Gasteiger partial charge in [0.1, 0.15) is 6.29 Å². The SMILES string of the molecule is Cc1ccc(N(c2ccc(Br)cc2)c2cccc(C=O)c2)cc1. The molecule has 0 spiro atoms. The highest BCUT2D eigenvalue weighted by Crippen LogP contribution is 2.35. The summed E-state index contributed by atoms with van der Waals surface area (Å²) in [5, 5.41) is 0. The third-order valence-corrected chi connectivity index (χ3v) is 4.17. The average Bonchev–Trinajstić information content (AvgIpc) is 2.59. The van der Waals surface area contributed by atoms with Gasteiger partial charge in [0.2, 0.25) is 0 Å². The van der Waals surface area contributed by atoms with Crippen molar-refractivity contribution in [2.24, 2.45) is 0 Å². The van der Waals surface area contributed by atoms with E-state index in [2.05, 4.69) is 64.2 Å². The Kier molecular flexibility index (Phi) is 4.58. The van der Waals surface area contributed by atoms with Crippen molar-refractivity contribution in [3.05, 3.63) is 88.4 Å². The van der Waals surface area contributed by atoms with Crippen LogP contribution >= 0.6 is 15.9 Å². The van der Waals surface area contributed by atoms with E-state index in [0.717, 1.165) is 27.8 Å². The monoisotopic (exact) mass is 365 g/mol. The summed E-state index contributed by atoms with van der Waals surface area (Å²) in [4.78, 5) is 13.3. The van der Waals surface area contributed by atoms with Crippen LogP contribution in [0.25, 0.3) is 0 Å². The molecule has 0 amide bonds. The molecule has 0 bridgehead atoms. The van der Waals surface area contributed by atoms with Gasteiger partial charge in [-0.05, 0) is 55.5 Å². The summed E-state index contributed by atoms with van der Waals surface area (Å²) in [6, 6.07) is 24.1. The topological polar surface area (TPSA) is 20.3 Å². The Labute approximate surface area is 144 Å². The smallest absolute Gasteiger partial charge is 0.150 e. The largest absolute Gasteiger partial charge is 0.310 e. The minimum absolute atomic E-state index is 0.664. The molecule has 3 heteroatoms. The maximum Gasteiger partial charge on any atom is 0.150 e. The second kappa shape index (κ2) is 6.80. The van der Waals surface area contributed by atoms with Crippen molar-refractivity contribution in [2.75, 3.05) is 4.90 Å². The maximum absolute atomic E-state index is 11.1. The highest BCUT2D eigenvalue weighted by Gasteiger charge is 2.12. The lowest BCUT2D eigenvalue weighted by atomic mass is 10.1. The van der Waals surface area contributed by atoms with Crippen LogP contribution in [0.2, 0.25) is 0 Å². The normalized spacial score (nSPS) is 10.3. The molecular formula is C20H16BrNO. The van der Waals surface area contributed by atoms with Gasteiger partial charge in [-0.25, -0.2) is 0 Å². The lowest BCUT2D eigenvalue weighted by molar-refractivity contribution is 0.112. The van der Waals surface area contributed by atoms with E-state index >= 15 is 0 Å². The number of hydrogen-bond acceptors (Lipinski definition) is 2. The molecule has 114 valence electrons. The first-order valence-electron chi connectivity index (χ1n) is 7.35. The Morgan fingerprint density at radius 2 is 1.43 bits per heavy atom. The molecule has 0 saturated heterocycles. The fraction of sp³-hybridized carbons (Fsp3) is 0.0500. The predicted molar refractivity (Wildman–Crippen MR) is 98.9 cm³/mol. The molecule has 0 radical (unpaired) electrons. The minimum atomic E-state index is 0.664. The van der Waals surface area contributed by atoms with Gasteiger partial charge in [0.05, 0.1) is 0 Å². The molecule has 0 heterocycles. The maximum atomic E-state index is 11.1. The highest BCUT2D eigenvalue weighted by atomic mass is 79.9. The van der Waals surface area contributed by atoms with Crippen LogP contribution in [-0.2, 0) is 0 Å². The van der Waals surface area contributed by atoms with Crippen LogP contribution in [0.3, 0.4) is 0 Å². The molecule has 0 fully saturated rings. The van der Waals surface area contributed by atoms with E-state index in [1.807, 2.05) is 36.4 Å². The quantitative estimate of drug-likeness (QED) is 0.525. The van der Waals surface area contributed by atoms with Gasteiger partial charge < -0.3 is 4.90 Å². The number of carbonyl (C=O) groups excluding carboxylic acids is 1. The van der Waals surface area contributed by atoms with Crippen molar-refractivity contribution < 1.29 is 4.79 Å². The first-order chi connectivity index (χ1) is 11.2. The summed E-state index contributed by atoms with van der Waals surface area (Å²) in [6.07, 6.45) is 0.873. The third-order valence-electron chi connectivity index (χ3n) is 3.64. The predicted octanol–water partition coefficient (Wildman–Crippen LogP) is 6.04.